The Hall–Kier alpha value is 0.424. The van der Waals surface area contributed by atoms with Crippen LogP contribution in [0.25, 0.3) is 0 Å². The van der Waals surface area contributed by atoms with Gasteiger partial charge in [0.05, 0.1) is 30.0 Å². The SMILES string of the molecule is [CH2-]C1CCC(C)C(/C(C)=C/C=C/C(C)CC23CCC(C(OC)C(C)O)C2O3)O1.[Y]. The number of aliphatic hydroxyl groups excluding tert-OH is 1. The molecule has 1 saturated carbocycles. The van der Waals surface area contributed by atoms with Crippen molar-refractivity contribution >= 4 is 0 Å². The Morgan fingerprint density at radius 2 is 2.03 bits per heavy atom. The fourth-order valence-corrected chi connectivity index (χ4v) is 5.46. The van der Waals surface area contributed by atoms with Crippen LogP contribution in [0.1, 0.15) is 59.8 Å². The van der Waals surface area contributed by atoms with Gasteiger partial charge >= 0.3 is 0 Å². The molecule has 2 aliphatic heterocycles. The van der Waals surface area contributed by atoms with E-state index in [1.165, 1.54) is 12.0 Å². The molecule has 9 atom stereocenters. The third-order valence-corrected chi connectivity index (χ3v) is 7.00. The van der Waals surface area contributed by atoms with Crippen LogP contribution < -0.4 is 0 Å². The van der Waals surface area contributed by atoms with Crippen LogP contribution >= 0.6 is 0 Å². The molecule has 3 rings (SSSR count). The summed E-state index contributed by atoms with van der Waals surface area (Å²) in [5.41, 5.74) is 1.28. The van der Waals surface area contributed by atoms with Gasteiger partial charge in [-0.05, 0) is 56.9 Å². The summed E-state index contributed by atoms with van der Waals surface area (Å²) >= 11 is 0. The molecule has 163 valence electrons. The Bertz CT molecular complexity index is 589. The molecule has 29 heavy (non-hydrogen) atoms. The number of fused-ring (bicyclic) bond motifs is 1. The Morgan fingerprint density at radius 3 is 2.66 bits per heavy atom. The zero-order valence-electron chi connectivity index (χ0n) is 18.8. The quantitative estimate of drug-likeness (QED) is 0.316. The van der Waals surface area contributed by atoms with E-state index in [4.69, 9.17) is 14.2 Å². The zero-order valence-corrected chi connectivity index (χ0v) is 21.7. The van der Waals surface area contributed by atoms with Gasteiger partial charge in [-0.2, -0.15) is 0 Å². The van der Waals surface area contributed by atoms with Crippen LogP contribution in [0.2, 0.25) is 0 Å². The van der Waals surface area contributed by atoms with Gasteiger partial charge in [-0.1, -0.05) is 44.6 Å². The number of aliphatic hydroxyl groups is 1. The van der Waals surface area contributed by atoms with Crippen LogP contribution in [0.4, 0.5) is 0 Å². The number of allylic oxidation sites excluding steroid dienone is 3. The maximum atomic E-state index is 9.97. The predicted molar refractivity (Wildman–Crippen MR) is 112 cm³/mol. The van der Waals surface area contributed by atoms with Crippen LogP contribution in [-0.4, -0.2) is 48.3 Å². The summed E-state index contributed by atoms with van der Waals surface area (Å²) < 4.78 is 17.7. The molecule has 1 aliphatic carbocycles. The molecule has 0 aromatic heterocycles. The van der Waals surface area contributed by atoms with E-state index in [9.17, 15) is 5.11 Å². The van der Waals surface area contributed by atoms with Crippen molar-refractivity contribution in [3.05, 3.63) is 30.7 Å². The van der Waals surface area contributed by atoms with Crippen molar-refractivity contribution in [2.75, 3.05) is 7.11 Å². The molecule has 9 unspecified atom stereocenters. The molecule has 0 bridgehead atoms. The first-order valence-corrected chi connectivity index (χ1v) is 11.0. The van der Waals surface area contributed by atoms with Crippen LogP contribution in [0, 0.1) is 24.7 Å². The molecule has 0 aromatic rings. The first-order valence-electron chi connectivity index (χ1n) is 11.0. The smallest absolute Gasteiger partial charge is 0.0958 e. The Labute approximate surface area is 202 Å². The van der Waals surface area contributed by atoms with Crippen molar-refractivity contribution in [3.8, 4) is 0 Å². The summed E-state index contributed by atoms with van der Waals surface area (Å²) in [5, 5.41) is 9.97. The summed E-state index contributed by atoms with van der Waals surface area (Å²) in [6.45, 7) is 12.6. The average molecular weight is 480 g/mol. The number of ether oxygens (including phenoxy) is 3. The molecule has 5 heteroatoms. The number of hydrogen-bond donors (Lipinski definition) is 1. The van der Waals surface area contributed by atoms with E-state index in [0.29, 0.717) is 17.8 Å². The maximum Gasteiger partial charge on any atom is 0.0958 e. The Morgan fingerprint density at radius 1 is 1.31 bits per heavy atom. The third-order valence-electron chi connectivity index (χ3n) is 7.00. The molecule has 2 heterocycles. The van der Waals surface area contributed by atoms with Gasteiger partial charge in [-0.15, -0.1) is 0 Å². The molecular weight excluding hydrogens is 441 g/mol. The second-order valence-electron chi connectivity index (χ2n) is 9.46. The van der Waals surface area contributed by atoms with Crippen molar-refractivity contribution in [2.24, 2.45) is 17.8 Å². The molecule has 2 saturated heterocycles. The van der Waals surface area contributed by atoms with Crippen molar-refractivity contribution in [1.29, 1.82) is 0 Å². The molecule has 1 N–H and O–H groups in total. The van der Waals surface area contributed by atoms with Crippen LogP contribution in [-0.2, 0) is 46.9 Å². The van der Waals surface area contributed by atoms with Crippen molar-refractivity contribution in [3.63, 3.8) is 0 Å². The zero-order chi connectivity index (χ0) is 20.5. The van der Waals surface area contributed by atoms with E-state index in [0.717, 1.165) is 25.7 Å². The number of rotatable bonds is 8. The second-order valence-corrected chi connectivity index (χ2v) is 9.46. The van der Waals surface area contributed by atoms with Gasteiger partial charge in [0.1, 0.15) is 0 Å². The second kappa shape index (κ2) is 10.8. The standard InChI is InChI=1S/C24H39O4.Y/c1-15(8-7-9-16(2)21-17(3)10-11-18(4)27-21)14-24-13-12-20(23(24)28-24)22(26-6)19(5)25;/h7-9,15,17-23,25H,4,10-14H2,1-3,5-6H3;/q-1;/b8-7+,16-9+;. The van der Waals surface area contributed by atoms with E-state index in [2.05, 4.69) is 45.9 Å². The maximum absolute atomic E-state index is 9.97. The van der Waals surface area contributed by atoms with Gasteiger partial charge in [0.15, 0.2) is 0 Å². The van der Waals surface area contributed by atoms with Crippen molar-refractivity contribution < 1.29 is 52.0 Å². The number of epoxide rings is 1. The summed E-state index contributed by atoms with van der Waals surface area (Å²) in [7, 11) is 1.69. The van der Waals surface area contributed by atoms with E-state index >= 15 is 0 Å². The van der Waals surface area contributed by atoms with E-state index in [-0.39, 0.29) is 62.7 Å². The topological polar surface area (TPSA) is 51.2 Å². The van der Waals surface area contributed by atoms with Crippen molar-refractivity contribution in [1.82, 2.24) is 0 Å². The predicted octanol–water partition coefficient (Wildman–Crippen LogP) is 4.47. The van der Waals surface area contributed by atoms with Gasteiger partial charge in [-0.25, -0.2) is 0 Å². The molecule has 0 aromatic carbocycles. The first-order chi connectivity index (χ1) is 13.3. The molecule has 0 spiro atoms. The summed E-state index contributed by atoms with van der Waals surface area (Å²) in [5.74, 6) is 1.31. The molecule has 3 fully saturated rings. The molecule has 4 nitrogen and oxygen atoms in total. The van der Waals surface area contributed by atoms with Crippen LogP contribution in [0.5, 0.6) is 0 Å². The summed E-state index contributed by atoms with van der Waals surface area (Å²) in [4.78, 5) is 0. The average Bonchev–Trinajstić information content (AvgIpc) is 3.23. The minimum atomic E-state index is -0.456. The number of hydrogen-bond acceptors (Lipinski definition) is 4. The van der Waals surface area contributed by atoms with Gasteiger partial charge in [0, 0.05) is 45.7 Å². The molecule has 0 amide bonds. The van der Waals surface area contributed by atoms with E-state index < -0.39 is 6.10 Å². The normalized spacial score (nSPS) is 40.2. The van der Waals surface area contributed by atoms with Gasteiger partial charge in [-0.3, -0.25) is 0 Å². The molecule has 3 aliphatic rings. The molecule has 1 radical (unpaired) electrons. The monoisotopic (exact) mass is 480 g/mol. The Balaban J connectivity index is 0.00000300. The number of methoxy groups -OCH3 is 1. The minimum Gasteiger partial charge on any atom is -0.402 e. The molecular formula is C24H39O4Y-. The van der Waals surface area contributed by atoms with Gasteiger partial charge < -0.3 is 26.2 Å². The van der Waals surface area contributed by atoms with E-state index in [1.54, 1.807) is 7.11 Å². The largest absolute Gasteiger partial charge is 0.402 e. The summed E-state index contributed by atoms with van der Waals surface area (Å²) in [6.07, 6.45) is 12.0. The van der Waals surface area contributed by atoms with Crippen LogP contribution in [0.3, 0.4) is 0 Å². The van der Waals surface area contributed by atoms with Crippen molar-refractivity contribution in [2.45, 2.75) is 95.9 Å². The van der Waals surface area contributed by atoms with Gasteiger partial charge in [0.25, 0.3) is 0 Å². The fourth-order valence-electron chi connectivity index (χ4n) is 5.46. The minimum absolute atomic E-state index is 0. The van der Waals surface area contributed by atoms with Gasteiger partial charge in [0.2, 0.25) is 0 Å². The van der Waals surface area contributed by atoms with Crippen LogP contribution in [0.15, 0.2) is 23.8 Å². The fraction of sp³-hybridized carbons (Fsp3) is 0.792. The first kappa shape index (κ1) is 25.7. The summed E-state index contributed by atoms with van der Waals surface area (Å²) in [6, 6.07) is 0. The van der Waals surface area contributed by atoms with E-state index in [1.807, 2.05) is 6.92 Å². The Kier molecular flexibility index (Phi) is 9.59. The third kappa shape index (κ3) is 6.02.